The summed E-state index contributed by atoms with van der Waals surface area (Å²) in [4.78, 5) is 18.9. The van der Waals surface area contributed by atoms with Crippen molar-refractivity contribution in [1.29, 1.82) is 0 Å². The molecule has 0 aliphatic carbocycles. The minimum Gasteiger partial charge on any atom is -0.340 e. The number of hydrogen-bond donors (Lipinski definition) is 0. The van der Waals surface area contributed by atoms with E-state index in [0.717, 1.165) is 37.9 Å². The lowest BCUT2D eigenvalue weighted by Gasteiger charge is -2.34. The molecule has 2 rings (SSSR count). The first-order chi connectivity index (χ1) is 16.3. The number of benzene rings is 1. The molecule has 1 aliphatic rings. The van der Waals surface area contributed by atoms with Crippen molar-refractivity contribution in [3.05, 3.63) is 29.8 Å². The van der Waals surface area contributed by atoms with E-state index < -0.39 is 19.9 Å². The van der Waals surface area contributed by atoms with Crippen LogP contribution in [0, 0.1) is 0 Å². The van der Waals surface area contributed by atoms with Crippen LogP contribution in [-0.4, -0.2) is 120 Å². The second kappa shape index (κ2) is 13.1. The molecule has 1 heterocycles. The summed E-state index contributed by atoms with van der Waals surface area (Å²) in [5.74, 6) is -0.0943. The summed E-state index contributed by atoms with van der Waals surface area (Å²) in [5.41, 5.74) is 1.10. The molecule has 1 saturated heterocycles. The summed E-state index contributed by atoms with van der Waals surface area (Å²) in [6.07, 6.45) is 3.86. The Hall–Kier alpha value is -1.53. The maximum Gasteiger partial charge on any atom is 0.237 e. The van der Waals surface area contributed by atoms with Gasteiger partial charge < -0.3 is 14.7 Å². The molecule has 1 atom stereocenters. The average Bonchev–Trinajstić information content (AvgIpc) is 2.78. The van der Waals surface area contributed by atoms with Crippen molar-refractivity contribution in [3.8, 4) is 0 Å². The van der Waals surface area contributed by atoms with Crippen LogP contribution in [0.4, 0.5) is 0 Å². The van der Waals surface area contributed by atoms with Gasteiger partial charge in [-0.2, -0.15) is 4.31 Å². The Kier molecular flexibility index (Phi) is 11.1. The van der Waals surface area contributed by atoms with Crippen molar-refractivity contribution in [2.24, 2.45) is 0 Å². The lowest BCUT2D eigenvalue weighted by atomic mass is 10.1. The Morgan fingerprint density at radius 1 is 1.00 bits per heavy atom. The van der Waals surface area contributed by atoms with E-state index >= 15 is 0 Å². The topological polar surface area (TPSA) is 98.3 Å². The highest BCUT2D eigenvalue weighted by atomic mass is 32.2. The molecule has 0 spiro atoms. The van der Waals surface area contributed by atoms with Gasteiger partial charge in [0.25, 0.3) is 0 Å². The van der Waals surface area contributed by atoms with Crippen LogP contribution in [0.25, 0.3) is 0 Å². The number of nitrogens with zero attached hydrogens (tertiary/aromatic N) is 4. The van der Waals surface area contributed by atoms with Crippen LogP contribution < -0.4 is 0 Å². The van der Waals surface area contributed by atoms with Gasteiger partial charge in [0, 0.05) is 38.5 Å². The lowest BCUT2D eigenvalue weighted by Crippen LogP contribution is -2.53. The highest BCUT2D eigenvalue weighted by Gasteiger charge is 2.31. The monoisotopic (exact) mass is 530 g/mol. The van der Waals surface area contributed by atoms with Crippen LogP contribution in [0.1, 0.15) is 32.3 Å². The number of sulfone groups is 1. The molecule has 200 valence electrons. The molecule has 0 saturated carbocycles. The second-order valence-electron chi connectivity index (χ2n) is 9.64. The number of carbonyl (C=O) groups excluding carboxylic acids is 1. The van der Waals surface area contributed by atoms with E-state index in [1.165, 1.54) is 10.6 Å². The van der Waals surface area contributed by atoms with E-state index in [0.29, 0.717) is 37.1 Å². The van der Waals surface area contributed by atoms with Gasteiger partial charge in [-0.1, -0.05) is 19.1 Å². The lowest BCUT2D eigenvalue weighted by molar-refractivity contribution is -0.134. The smallest absolute Gasteiger partial charge is 0.237 e. The molecular formula is C24H42N4O5S2. The Morgan fingerprint density at radius 3 is 2.20 bits per heavy atom. The number of carbonyl (C=O) groups is 1. The van der Waals surface area contributed by atoms with E-state index in [1.54, 1.807) is 17.0 Å². The fourth-order valence-electron chi connectivity index (χ4n) is 4.24. The molecule has 9 nitrogen and oxygen atoms in total. The van der Waals surface area contributed by atoms with Gasteiger partial charge in [-0.15, -0.1) is 0 Å². The summed E-state index contributed by atoms with van der Waals surface area (Å²) in [5, 5.41) is 0. The van der Waals surface area contributed by atoms with Gasteiger partial charge in [0.1, 0.15) is 0 Å². The van der Waals surface area contributed by atoms with Crippen molar-refractivity contribution in [2.75, 3.05) is 71.9 Å². The van der Waals surface area contributed by atoms with Gasteiger partial charge in [0.05, 0.1) is 17.2 Å². The quantitative estimate of drug-likeness (QED) is 0.333. The normalized spacial score (nSPS) is 16.9. The van der Waals surface area contributed by atoms with E-state index in [-0.39, 0.29) is 18.2 Å². The summed E-state index contributed by atoms with van der Waals surface area (Å²) in [6.45, 7) is 7.94. The molecule has 1 unspecified atom stereocenters. The van der Waals surface area contributed by atoms with E-state index in [4.69, 9.17) is 0 Å². The van der Waals surface area contributed by atoms with E-state index in [1.807, 2.05) is 31.1 Å². The SMILES string of the molecule is CCN(CCCCN1CCN(S(=O)(=O)CCN(C)C)CC1=O)C(C)Cc1ccc(S(C)(=O)=O)cc1. The average molecular weight is 531 g/mol. The van der Waals surface area contributed by atoms with Crippen molar-refractivity contribution in [3.63, 3.8) is 0 Å². The van der Waals surface area contributed by atoms with Crippen LogP contribution in [-0.2, 0) is 31.1 Å². The third-order valence-electron chi connectivity index (χ3n) is 6.51. The number of likely N-dealkylation sites (N-methyl/N-ethyl adjacent to an activating group) is 1. The zero-order chi connectivity index (χ0) is 26.2. The van der Waals surface area contributed by atoms with Gasteiger partial charge in [-0.05, 0) is 71.1 Å². The Morgan fingerprint density at radius 2 is 1.66 bits per heavy atom. The summed E-state index contributed by atoms with van der Waals surface area (Å²) < 4.78 is 49.5. The largest absolute Gasteiger partial charge is 0.340 e. The van der Waals surface area contributed by atoms with Gasteiger partial charge in [-0.25, -0.2) is 16.8 Å². The number of unbranched alkanes of at least 4 members (excludes halogenated alkanes) is 1. The molecular weight excluding hydrogens is 488 g/mol. The van der Waals surface area contributed by atoms with Crippen LogP contribution in [0.15, 0.2) is 29.2 Å². The van der Waals surface area contributed by atoms with Crippen molar-refractivity contribution in [2.45, 2.75) is 44.0 Å². The predicted molar refractivity (Wildman–Crippen MR) is 140 cm³/mol. The molecule has 1 aromatic rings. The highest BCUT2D eigenvalue weighted by Crippen LogP contribution is 2.15. The van der Waals surface area contributed by atoms with E-state index in [2.05, 4.69) is 18.7 Å². The molecule has 11 heteroatoms. The molecule has 1 amide bonds. The van der Waals surface area contributed by atoms with Crippen molar-refractivity contribution in [1.82, 2.24) is 19.0 Å². The van der Waals surface area contributed by atoms with Crippen LogP contribution in [0.2, 0.25) is 0 Å². The Balaban J connectivity index is 1.76. The maximum atomic E-state index is 12.5. The van der Waals surface area contributed by atoms with Crippen LogP contribution in [0.5, 0.6) is 0 Å². The summed E-state index contributed by atoms with van der Waals surface area (Å²) in [6, 6.07) is 7.40. The van der Waals surface area contributed by atoms with Gasteiger partial charge in [0.15, 0.2) is 9.84 Å². The standard InChI is InChI=1S/C24H42N4O5S2/c1-6-26(21(2)19-22-9-11-23(12-10-22)34(5,30)31)13-7-8-14-27-15-16-28(20-24(27)29)35(32,33)18-17-25(3)4/h9-12,21H,6-8,13-20H2,1-5H3. The molecule has 1 aliphatic heterocycles. The van der Waals surface area contributed by atoms with Gasteiger partial charge in [0.2, 0.25) is 15.9 Å². The van der Waals surface area contributed by atoms with Gasteiger partial charge >= 0.3 is 0 Å². The molecule has 0 bridgehead atoms. The summed E-state index contributed by atoms with van der Waals surface area (Å²) in [7, 11) is -2.94. The highest BCUT2D eigenvalue weighted by molar-refractivity contribution is 7.90. The third kappa shape index (κ3) is 9.45. The minimum absolute atomic E-state index is 0.0279. The van der Waals surface area contributed by atoms with Gasteiger partial charge in [-0.3, -0.25) is 4.79 Å². The molecule has 0 radical (unpaired) electrons. The number of hydrogen-bond acceptors (Lipinski definition) is 7. The van der Waals surface area contributed by atoms with E-state index in [9.17, 15) is 21.6 Å². The van der Waals surface area contributed by atoms with Crippen LogP contribution >= 0.6 is 0 Å². The Bertz CT molecular complexity index is 1030. The second-order valence-corrected chi connectivity index (χ2v) is 13.7. The zero-order valence-electron chi connectivity index (χ0n) is 21.8. The first-order valence-corrected chi connectivity index (χ1v) is 15.8. The first kappa shape index (κ1) is 29.7. The fourth-order valence-corrected chi connectivity index (χ4v) is 6.39. The number of amides is 1. The molecule has 1 aromatic carbocycles. The molecule has 0 N–H and O–H groups in total. The fraction of sp³-hybridized carbons (Fsp3) is 0.708. The third-order valence-corrected chi connectivity index (χ3v) is 9.43. The van der Waals surface area contributed by atoms with Crippen molar-refractivity contribution < 1.29 is 21.6 Å². The molecule has 1 fully saturated rings. The Labute approximate surface area is 212 Å². The summed E-state index contributed by atoms with van der Waals surface area (Å²) >= 11 is 0. The maximum absolute atomic E-state index is 12.5. The number of piperazine rings is 1. The predicted octanol–water partition coefficient (Wildman–Crippen LogP) is 1.16. The molecule has 35 heavy (non-hydrogen) atoms. The number of rotatable bonds is 14. The first-order valence-electron chi connectivity index (χ1n) is 12.3. The van der Waals surface area contributed by atoms with Crippen molar-refractivity contribution >= 4 is 25.8 Å². The zero-order valence-corrected chi connectivity index (χ0v) is 23.4. The van der Waals surface area contributed by atoms with Crippen LogP contribution in [0.3, 0.4) is 0 Å². The number of sulfonamides is 1. The molecule has 0 aromatic heterocycles. The minimum atomic E-state index is -3.41.